The first-order valence-electron chi connectivity index (χ1n) is 10.4. The molecule has 0 atom stereocenters. The molecule has 4 rings (SSSR count). The van der Waals surface area contributed by atoms with Crippen LogP contribution in [0.5, 0.6) is 0 Å². The van der Waals surface area contributed by atoms with Gasteiger partial charge in [-0.05, 0) is 43.5 Å². The summed E-state index contributed by atoms with van der Waals surface area (Å²) < 4.78 is 5.98. The number of halogens is 1. The smallest absolute Gasteiger partial charge is 0.339 e. The van der Waals surface area contributed by atoms with Crippen molar-refractivity contribution in [1.29, 1.82) is 0 Å². The second kappa shape index (κ2) is 9.03. The number of aromatic nitrogens is 2. The van der Waals surface area contributed by atoms with E-state index in [-0.39, 0.29) is 23.7 Å². The number of likely N-dealkylation sites (tertiary alicyclic amines) is 1. The number of fused-ring (bicyclic) bond motifs is 1. The molecular weight excluding hydrogens is 450 g/mol. The Morgan fingerprint density at radius 2 is 2.00 bits per heavy atom. The second-order valence-corrected chi connectivity index (χ2v) is 9.52. The summed E-state index contributed by atoms with van der Waals surface area (Å²) in [5.41, 5.74) is 2.46. The van der Waals surface area contributed by atoms with Gasteiger partial charge in [0, 0.05) is 36.6 Å². The number of hydrogen-bond donors (Lipinski definition) is 1. The summed E-state index contributed by atoms with van der Waals surface area (Å²) in [6.07, 6.45) is 1.67. The number of nitrogens with one attached hydrogen (secondary N) is 1. The van der Waals surface area contributed by atoms with Gasteiger partial charge in [0.1, 0.15) is 0 Å². The van der Waals surface area contributed by atoms with Crippen molar-refractivity contribution in [3.63, 3.8) is 0 Å². The summed E-state index contributed by atoms with van der Waals surface area (Å²) in [7, 11) is 1.29. The molecule has 0 spiro atoms. The minimum Gasteiger partial charge on any atom is -0.465 e. The molecule has 2 aromatic heterocycles. The summed E-state index contributed by atoms with van der Waals surface area (Å²) in [4.78, 5) is 46.7. The van der Waals surface area contributed by atoms with Crippen LogP contribution in [-0.4, -0.2) is 52.7 Å². The number of H-pyrrole nitrogens is 1. The zero-order valence-corrected chi connectivity index (χ0v) is 19.7. The third-order valence-corrected chi connectivity index (χ3v) is 7.39. The maximum Gasteiger partial charge on any atom is 0.339 e. The number of amides is 1. The molecule has 1 aromatic carbocycles. The fourth-order valence-corrected chi connectivity index (χ4v) is 5.54. The molecule has 0 unspecified atom stereocenters. The Hall–Kier alpha value is -2.71. The number of aromatic amines is 1. The van der Waals surface area contributed by atoms with Crippen molar-refractivity contribution in [2.24, 2.45) is 0 Å². The minimum atomic E-state index is -0.552. The number of hydrogen-bond acceptors (Lipinski definition) is 6. The van der Waals surface area contributed by atoms with Crippen LogP contribution in [0, 0.1) is 6.92 Å². The molecule has 1 saturated heterocycles. The lowest BCUT2D eigenvalue weighted by atomic mass is 9.97. The van der Waals surface area contributed by atoms with Gasteiger partial charge in [0.15, 0.2) is 5.78 Å². The number of carbonyl (C=O) groups is 3. The topological polar surface area (TPSA) is 92.4 Å². The third kappa shape index (κ3) is 4.29. The third-order valence-electron chi connectivity index (χ3n) is 5.96. The van der Waals surface area contributed by atoms with E-state index in [9.17, 15) is 14.4 Å². The van der Waals surface area contributed by atoms with E-state index >= 15 is 0 Å². The second-order valence-electron chi connectivity index (χ2n) is 8.02. The molecule has 32 heavy (non-hydrogen) atoms. The number of piperidine rings is 1. The van der Waals surface area contributed by atoms with Gasteiger partial charge in [-0.25, -0.2) is 9.78 Å². The van der Waals surface area contributed by atoms with Crippen molar-refractivity contribution in [3.8, 4) is 0 Å². The monoisotopic (exact) mass is 473 g/mol. The van der Waals surface area contributed by atoms with Gasteiger partial charge in [-0.1, -0.05) is 11.6 Å². The summed E-state index contributed by atoms with van der Waals surface area (Å²) in [6.45, 7) is 4.34. The van der Waals surface area contributed by atoms with E-state index in [2.05, 4.69) is 4.98 Å². The van der Waals surface area contributed by atoms with Gasteiger partial charge < -0.3 is 14.6 Å². The first kappa shape index (κ1) is 22.5. The molecule has 0 aliphatic carbocycles. The number of ketones is 1. The number of ether oxygens (including phenoxy) is 1. The molecule has 1 fully saturated rings. The average Bonchev–Trinajstić information content (AvgIpc) is 3.33. The van der Waals surface area contributed by atoms with Crippen molar-refractivity contribution < 1.29 is 19.1 Å². The molecule has 168 valence electrons. The SMILES string of the molecule is COC(=O)c1c(CC(=O)N2CCC(c3nc4cc(Cl)ccc4s3)CC2)[nH]c(C(C)=O)c1C. The lowest BCUT2D eigenvalue weighted by Crippen LogP contribution is -2.39. The summed E-state index contributed by atoms with van der Waals surface area (Å²) in [5, 5.41) is 1.75. The highest BCUT2D eigenvalue weighted by Crippen LogP contribution is 2.35. The van der Waals surface area contributed by atoms with Gasteiger partial charge in [0.2, 0.25) is 5.91 Å². The van der Waals surface area contributed by atoms with Crippen LogP contribution in [0.3, 0.4) is 0 Å². The molecular formula is C23H24ClN3O4S. The maximum atomic E-state index is 13.0. The van der Waals surface area contributed by atoms with Crippen LogP contribution >= 0.6 is 22.9 Å². The van der Waals surface area contributed by atoms with E-state index in [0.29, 0.717) is 41.0 Å². The fraction of sp³-hybridized carbons (Fsp3) is 0.391. The van der Waals surface area contributed by atoms with Crippen molar-refractivity contribution in [3.05, 3.63) is 50.7 Å². The highest BCUT2D eigenvalue weighted by Gasteiger charge is 2.29. The number of methoxy groups -OCH3 is 1. The number of esters is 1. The van der Waals surface area contributed by atoms with Crippen LogP contribution in [0.15, 0.2) is 18.2 Å². The maximum absolute atomic E-state index is 13.0. The average molecular weight is 474 g/mol. The lowest BCUT2D eigenvalue weighted by molar-refractivity contribution is -0.131. The number of nitrogens with zero attached hydrogens (tertiary/aromatic N) is 2. The fourth-order valence-electron chi connectivity index (χ4n) is 4.25. The van der Waals surface area contributed by atoms with E-state index in [4.69, 9.17) is 21.3 Å². The zero-order valence-electron chi connectivity index (χ0n) is 18.2. The Balaban J connectivity index is 1.45. The summed E-state index contributed by atoms with van der Waals surface area (Å²) in [5.74, 6) is -0.521. The molecule has 1 N–H and O–H groups in total. The van der Waals surface area contributed by atoms with Crippen molar-refractivity contribution in [2.75, 3.05) is 20.2 Å². The molecule has 1 amide bonds. The number of Topliss-reactive ketones (excluding diaryl/α,β-unsaturated/α-hetero) is 1. The standard InChI is InChI=1S/C23H24ClN3O4S/c1-12-20(23(30)31-3)17(25-21(12)13(2)28)11-19(29)27-8-6-14(7-9-27)22-26-16-10-15(24)4-5-18(16)32-22/h4-5,10,14,25H,6-9,11H2,1-3H3. The van der Waals surface area contributed by atoms with Gasteiger partial charge in [-0.3, -0.25) is 9.59 Å². The first-order chi connectivity index (χ1) is 15.3. The predicted octanol–water partition coefficient (Wildman–Crippen LogP) is 4.52. The Bertz CT molecular complexity index is 1210. The van der Waals surface area contributed by atoms with E-state index in [0.717, 1.165) is 28.1 Å². The normalized spacial score (nSPS) is 14.7. The van der Waals surface area contributed by atoms with Gasteiger partial charge >= 0.3 is 5.97 Å². The van der Waals surface area contributed by atoms with Crippen molar-refractivity contribution in [2.45, 2.75) is 39.0 Å². The number of thiazole rings is 1. The molecule has 0 bridgehead atoms. The van der Waals surface area contributed by atoms with Crippen LogP contribution in [0.2, 0.25) is 5.02 Å². The van der Waals surface area contributed by atoms with Gasteiger partial charge in [-0.15, -0.1) is 11.3 Å². The van der Waals surface area contributed by atoms with Gasteiger partial charge in [0.05, 0.1) is 40.0 Å². The number of rotatable bonds is 5. The minimum absolute atomic E-state index is 0.0167. The molecule has 9 heteroatoms. The lowest BCUT2D eigenvalue weighted by Gasteiger charge is -2.31. The van der Waals surface area contributed by atoms with Crippen molar-refractivity contribution in [1.82, 2.24) is 14.9 Å². The predicted molar refractivity (Wildman–Crippen MR) is 124 cm³/mol. The van der Waals surface area contributed by atoms with Gasteiger partial charge in [0.25, 0.3) is 0 Å². The van der Waals surface area contributed by atoms with Crippen LogP contribution in [0.4, 0.5) is 0 Å². The highest BCUT2D eigenvalue weighted by molar-refractivity contribution is 7.18. The molecule has 7 nitrogen and oxygen atoms in total. The Morgan fingerprint density at radius 3 is 2.66 bits per heavy atom. The Morgan fingerprint density at radius 1 is 1.28 bits per heavy atom. The van der Waals surface area contributed by atoms with Crippen LogP contribution in [-0.2, 0) is 16.0 Å². The Labute approximate surface area is 194 Å². The zero-order chi connectivity index (χ0) is 23.0. The molecule has 1 aliphatic heterocycles. The van der Waals surface area contributed by atoms with Crippen LogP contribution in [0.1, 0.15) is 62.8 Å². The number of benzene rings is 1. The molecule has 1 aliphatic rings. The summed E-state index contributed by atoms with van der Waals surface area (Å²) in [6, 6.07) is 5.74. The van der Waals surface area contributed by atoms with Gasteiger partial charge in [-0.2, -0.15) is 0 Å². The summed E-state index contributed by atoms with van der Waals surface area (Å²) >= 11 is 7.75. The Kier molecular flexibility index (Phi) is 6.35. The van der Waals surface area contributed by atoms with Crippen LogP contribution in [0.25, 0.3) is 10.2 Å². The highest BCUT2D eigenvalue weighted by atomic mass is 35.5. The van der Waals surface area contributed by atoms with E-state index in [1.165, 1.54) is 14.0 Å². The molecule has 3 aromatic rings. The molecule has 3 heterocycles. The number of carbonyl (C=O) groups excluding carboxylic acids is 3. The quantitative estimate of drug-likeness (QED) is 0.434. The largest absolute Gasteiger partial charge is 0.465 e. The molecule has 0 radical (unpaired) electrons. The van der Waals surface area contributed by atoms with Crippen molar-refractivity contribution >= 4 is 50.8 Å². The molecule has 0 saturated carbocycles. The van der Waals surface area contributed by atoms with Crippen LogP contribution < -0.4 is 0 Å². The first-order valence-corrected chi connectivity index (χ1v) is 11.6. The van der Waals surface area contributed by atoms with E-state index in [1.54, 1.807) is 18.3 Å². The van der Waals surface area contributed by atoms with E-state index < -0.39 is 5.97 Å². The van der Waals surface area contributed by atoms with E-state index in [1.807, 2.05) is 23.1 Å².